The highest BCUT2D eigenvalue weighted by molar-refractivity contribution is 6.30. The minimum absolute atomic E-state index is 0.00543. The number of nitrogens with zero attached hydrogens (tertiary/aromatic N) is 3. The SMILES string of the molecule is CN(C(=O)O)c1ccc(C(=O)N[C@@H](CC(=O)N2CC(O)(C3CC3)C2)C(=O)N2CCC[C@@]3(C2)OC(=O)Nc2ccc(Cl)cc23)cc1. The number of benzene rings is 2. The van der Waals surface area contributed by atoms with Gasteiger partial charge in [-0.05, 0) is 74.1 Å². The molecule has 1 saturated carbocycles. The van der Waals surface area contributed by atoms with Crippen LogP contribution in [0.4, 0.5) is 21.0 Å². The lowest BCUT2D eigenvalue weighted by Gasteiger charge is -2.47. The van der Waals surface area contributed by atoms with Crippen LogP contribution >= 0.6 is 11.6 Å². The van der Waals surface area contributed by atoms with Crippen molar-refractivity contribution in [1.82, 2.24) is 15.1 Å². The largest absolute Gasteiger partial charge is 0.465 e. The molecule has 45 heavy (non-hydrogen) atoms. The van der Waals surface area contributed by atoms with Gasteiger partial charge in [0.05, 0.1) is 31.7 Å². The Morgan fingerprint density at radius 1 is 1.11 bits per heavy atom. The van der Waals surface area contributed by atoms with E-state index in [-0.39, 0.29) is 43.4 Å². The molecule has 3 aliphatic heterocycles. The summed E-state index contributed by atoms with van der Waals surface area (Å²) < 4.78 is 5.81. The first-order chi connectivity index (χ1) is 21.4. The van der Waals surface area contributed by atoms with Gasteiger partial charge in [-0.1, -0.05) is 11.6 Å². The van der Waals surface area contributed by atoms with Crippen molar-refractivity contribution in [3.8, 4) is 0 Å². The number of aliphatic hydroxyl groups is 1. The molecule has 2 aromatic carbocycles. The average Bonchev–Trinajstić information content (AvgIpc) is 3.85. The molecule has 2 atom stereocenters. The molecule has 238 valence electrons. The normalized spacial score (nSPS) is 22.3. The van der Waals surface area contributed by atoms with Gasteiger partial charge in [-0.2, -0.15) is 0 Å². The van der Waals surface area contributed by atoms with Crippen molar-refractivity contribution in [2.24, 2.45) is 5.92 Å². The number of piperidine rings is 1. The zero-order valence-electron chi connectivity index (χ0n) is 24.6. The van der Waals surface area contributed by atoms with Gasteiger partial charge in [-0.25, -0.2) is 9.59 Å². The maximum Gasteiger partial charge on any atom is 0.412 e. The average molecular weight is 640 g/mol. The van der Waals surface area contributed by atoms with Gasteiger partial charge in [-0.3, -0.25) is 24.6 Å². The first kappa shape index (κ1) is 30.7. The number of fused-ring (bicyclic) bond motifs is 2. The summed E-state index contributed by atoms with van der Waals surface area (Å²) in [6.07, 6.45) is 0.607. The maximum atomic E-state index is 14.1. The van der Waals surface area contributed by atoms with Crippen LogP contribution in [0.25, 0.3) is 0 Å². The minimum atomic E-state index is -1.26. The number of anilines is 2. The lowest BCUT2D eigenvalue weighted by Crippen LogP contribution is -2.65. The second-order valence-corrected chi connectivity index (χ2v) is 12.7. The van der Waals surface area contributed by atoms with E-state index in [0.29, 0.717) is 41.3 Å². The van der Waals surface area contributed by atoms with Crippen molar-refractivity contribution in [1.29, 1.82) is 0 Å². The molecule has 1 aliphatic carbocycles. The first-order valence-electron chi connectivity index (χ1n) is 14.8. The van der Waals surface area contributed by atoms with Crippen molar-refractivity contribution in [2.75, 3.05) is 43.4 Å². The van der Waals surface area contributed by atoms with Crippen LogP contribution in [0.3, 0.4) is 0 Å². The second-order valence-electron chi connectivity index (χ2n) is 12.3. The highest BCUT2D eigenvalue weighted by Crippen LogP contribution is 2.45. The molecule has 6 rings (SSSR count). The summed E-state index contributed by atoms with van der Waals surface area (Å²) in [6.45, 7) is 0.659. The predicted molar refractivity (Wildman–Crippen MR) is 162 cm³/mol. The van der Waals surface area contributed by atoms with E-state index in [1.54, 1.807) is 18.2 Å². The lowest BCUT2D eigenvalue weighted by atomic mass is 9.83. The van der Waals surface area contributed by atoms with Crippen molar-refractivity contribution in [2.45, 2.75) is 49.3 Å². The van der Waals surface area contributed by atoms with Crippen LogP contribution in [0.1, 0.15) is 48.0 Å². The molecule has 2 aromatic rings. The Kier molecular flexibility index (Phi) is 7.86. The van der Waals surface area contributed by atoms with E-state index in [2.05, 4.69) is 10.6 Å². The van der Waals surface area contributed by atoms with E-state index in [1.807, 2.05) is 0 Å². The Morgan fingerprint density at radius 3 is 2.49 bits per heavy atom. The molecule has 1 spiro atoms. The van der Waals surface area contributed by atoms with Crippen LogP contribution in [-0.2, 0) is 19.9 Å². The molecule has 4 N–H and O–H groups in total. The molecule has 13 nitrogen and oxygen atoms in total. The van der Waals surface area contributed by atoms with Gasteiger partial charge in [0.15, 0.2) is 5.60 Å². The fourth-order valence-corrected chi connectivity index (χ4v) is 6.64. The topological polar surface area (TPSA) is 169 Å². The quantitative estimate of drug-likeness (QED) is 0.358. The molecule has 0 radical (unpaired) electrons. The number of ether oxygens (including phenoxy) is 1. The molecule has 0 bridgehead atoms. The number of halogens is 1. The molecule has 4 aliphatic rings. The Labute approximate surface area is 264 Å². The third-order valence-electron chi connectivity index (χ3n) is 9.17. The highest BCUT2D eigenvalue weighted by Gasteiger charge is 2.54. The number of hydrogen-bond donors (Lipinski definition) is 4. The number of likely N-dealkylation sites (tertiary alicyclic amines) is 2. The van der Waals surface area contributed by atoms with Crippen molar-refractivity contribution < 1.29 is 38.9 Å². The fourth-order valence-electron chi connectivity index (χ4n) is 6.47. The van der Waals surface area contributed by atoms with Gasteiger partial charge >= 0.3 is 12.2 Å². The molecule has 5 amide bonds. The Morgan fingerprint density at radius 2 is 1.82 bits per heavy atom. The number of amides is 5. The van der Waals surface area contributed by atoms with Crippen LogP contribution < -0.4 is 15.5 Å². The third kappa shape index (κ3) is 6.01. The second kappa shape index (κ2) is 11.5. The number of β-amino-alcohol motifs (C(OH)–C–C–N with tert-alkyl or cyclic N) is 1. The Balaban J connectivity index is 1.23. The van der Waals surface area contributed by atoms with Gasteiger partial charge in [0, 0.05) is 35.4 Å². The third-order valence-corrected chi connectivity index (χ3v) is 9.40. The van der Waals surface area contributed by atoms with Crippen LogP contribution in [0.15, 0.2) is 42.5 Å². The summed E-state index contributed by atoms with van der Waals surface area (Å²) in [5.74, 6) is -1.35. The van der Waals surface area contributed by atoms with E-state index in [9.17, 15) is 34.2 Å². The van der Waals surface area contributed by atoms with E-state index in [1.165, 1.54) is 41.1 Å². The summed E-state index contributed by atoms with van der Waals surface area (Å²) in [7, 11) is 1.37. The number of hydrogen-bond acceptors (Lipinski definition) is 7. The molecular weight excluding hydrogens is 606 g/mol. The summed E-state index contributed by atoms with van der Waals surface area (Å²) in [6, 6.07) is 9.56. The van der Waals surface area contributed by atoms with Crippen molar-refractivity contribution in [3.63, 3.8) is 0 Å². The molecule has 14 heteroatoms. The summed E-state index contributed by atoms with van der Waals surface area (Å²) >= 11 is 6.28. The van der Waals surface area contributed by atoms with Gasteiger partial charge in [0.2, 0.25) is 11.8 Å². The minimum Gasteiger partial charge on any atom is -0.465 e. The van der Waals surface area contributed by atoms with E-state index in [4.69, 9.17) is 16.3 Å². The lowest BCUT2D eigenvalue weighted by molar-refractivity contribution is -0.161. The van der Waals surface area contributed by atoms with Gasteiger partial charge in [-0.15, -0.1) is 0 Å². The van der Waals surface area contributed by atoms with Gasteiger partial charge in [0.25, 0.3) is 5.91 Å². The Bertz CT molecular complexity index is 1560. The van der Waals surface area contributed by atoms with Crippen LogP contribution in [0.5, 0.6) is 0 Å². The number of carbonyl (C=O) groups excluding carboxylic acids is 4. The van der Waals surface area contributed by atoms with E-state index < -0.39 is 41.2 Å². The summed E-state index contributed by atoms with van der Waals surface area (Å²) in [5, 5.41) is 25.8. The zero-order chi connectivity index (χ0) is 32.1. The van der Waals surface area contributed by atoms with Crippen LogP contribution in [0, 0.1) is 5.92 Å². The summed E-state index contributed by atoms with van der Waals surface area (Å²) in [4.78, 5) is 68.6. The molecule has 2 saturated heterocycles. The maximum absolute atomic E-state index is 14.1. The van der Waals surface area contributed by atoms with E-state index in [0.717, 1.165) is 17.7 Å². The fraction of sp³-hybridized carbons (Fsp3) is 0.452. The monoisotopic (exact) mass is 639 g/mol. The molecule has 3 heterocycles. The Hall–Kier alpha value is -4.36. The van der Waals surface area contributed by atoms with Crippen LogP contribution in [0.2, 0.25) is 5.02 Å². The zero-order valence-corrected chi connectivity index (χ0v) is 25.4. The molecule has 0 aromatic heterocycles. The molecule has 0 unspecified atom stereocenters. The van der Waals surface area contributed by atoms with Crippen LogP contribution in [-0.4, -0.2) is 94.8 Å². The highest BCUT2D eigenvalue weighted by atomic mass is 35.5. The standard InChI is InChI=1S/C31H34ClN5O8/c1-35(29(42)43)21-8-3-18(4-9-21)26(39)33-24(14-25(38)37-15-30(44,16-37)19-5-6-19)27(40)36-12-2-11-31(17-36)22-13-20(32)7-10-23(22)34-28(41)45-31/h3-4,7-10,13,19,24,44H,2,5-6,11-12,14-17H2,1H3,(H,33,39)(H,34,41)(H,42,43)/t24-,31-/m0/s1. The van der Waals surface area contributed by atoms with Crippen molar-refractivity contribution in [3.05, 3.63) is 58.6 Å². The molecule has 3 fully saturated rings. The van der Waals surface area contributed by atoms with E-state index >= 15 is 0 Å². The smallest absolute Gasteiger partial charge is 0.412 e. The van der Waals surface area contributed by atoms with Gasteiger partial charge < -0.3 is 30.1 Å². The van der Waals surface area contributed by atoms with Crippen molar-refractivity contribution >= 4 is 52.9 Å². The number of carboxylic acid groups (broad SMARTS) is 1. The van der Waals surface area contributed by atoms with Gasteiger partial charge in [0.1, 0.15) is 11.6 Å². The first-order valence-corrected chi connectivity index (χ1v) is 15.2. The predicted octanol–water partition coefficient (Wildman–Crippen LogP) is 3.01. The molecular formula is C31H34ClN5O8. The number of carbonyl (C=O) groups is 5. The summed E-state index contributed by atoms with van der Waals surface area (Å²) in [5.41, 5.74) is -0.396. The number of nitrogens with one attached hydrogen (secondary N) is 2. The number of rotatable bonds is 7.